The standard InChI is InChI=1S/C19H27N3/c1-12(2)19(20)22-18-14(4)10-21-11-17(18)15(5)16-8-6-13(3)7-9-16/h6-9,12,14,21H,5,10-11H2,1-4H3,(H2,20,22). The molecule has 3 nitrogen and oxygen atoms in total. The Bertz CT molecular complexity index is 606. The van der Waals surface area contributed by atoms with Gasteiger partial charge < -0.3 is 11.1 Å². The summed E-state index contributed by atoms with van der Waals surface area (Å²) in [6, 6.07) is 8.48. The predicted molar refractivity (Wildman–Crippen MR) is 95.7 cm³/mol. The van der Waals surface area contributed by atoms with Crippen molar-refractivity contribution < 1.29 is 0 Å². The second-order valence-corrected chi connectivity index (χ2v) is 6.43. The van der Waals surface area contributed by atoms with Gasteiger partial charge in [0.25, 0.3) is 0 Å². The zero-order valence-corrected chi connectivity index (χ0v) is 14.1. The Morgan fingerprint density at radius 2 is 1.95 bits per heavy atom. The maximum atomic E-state index is 6.10. The van der Waals surface area contributed by atoms with E-state index in [0.29, 0.717) is 11.8 Å². The fraction of sp³-hybridized carbons (Fsp3) is 0.421. The first-order chi connectivity index (χ1) is 10.4. The van der Waals surface area contributed by atoms with Gasteiger partial charge in [0.05, 0.1) is 5.70 Å². The largest absolute Gasteiger partial charge is 0.387 e. The lowest BCUT2D eigenvalue weighted by molar-refractivity contribution is 0.552. The normalized spacial score (nSPS) is 19.7. The zero-order valence-electron chi connectivity index (χ0n) is 14.1. The molecule has 1 aromatic carbocycles. The molecule has 0 radical (unpaired) electrons. The maximum absolute atomic E-state index is 6.10. The number of hydrogen-bond acceptors (Lipinski definition) is 2. The molecular formula is C19H27N3. The van der Waals surface area contributed by atoms with Gasteiger partial charge in [-0.1, -0.05) is 57.2 Å². The summed E-state index contributed by atoms with van der Waals surface area (Å²) < 4.78 is 0. The van der Waals surface area contributed by atoms with Crippen molar-refractivity contribution in [2.45, 2.75) is 27.7 Å². The maximum Gasteiger partial charge on any atom is 0.102 e. The minimum atomic E-state index is 0.253. The van der Waals surface area contributed by atoms with Crippen molar-refractivity contribution in [1.82, 2.24) is 5.32 Å². The van der Waals surface area contributed by atoms with E-state index in [-0.39, 0.29) is 5.92 Å². The molecule has 0 aromatic heterocycles. The minimum absolute atomic E-state index is 0.253. The summed E-state index contributed by atoms with van der Waals surface area (Å²) in [5.41, 5.74) is 11.8. The molecule has 1 aliphatic heterocycles. The van der Waals surface area contributed by atoms with Gasteiger partial charge in [-0.3, -0.25) is 0 Å². The van der Waals surface area contributed by atoms with Crippen molar-refractivity contribution in [2.24, 2.45) is 22.6 Å². The van der Waals surface area contributed by atoms with Crippen molar-refractivity contribution in [3.8, 4) is 0 Å². The number of benzene rings is 1. The van der Waals surface area contributed by atoms with Crippen LogP contribution in [-0.4, -0.2) is 18.9 Å². The minimum Gasteiger partial charge on any atom is -0.387 e. The third-order valence-electron chi connectivity index (χ3n) is 4.13. The summed E-state index contributed by atoms with van der Waals surface area (Å²) in [4.78, 5) is 4.74. The third-order valence-corrected chi connectivity index (χ3v) is 4.13. The third kappa shape index (κ3) is 3.66. The van der Waals surface area contributed by atoms with E-state index < -0.39 is 0 Å². The molecule has 1 atom stereocenters. The van der Waals surface area contributed by atoms with Gasteiger partial charge in [0, 0.05) is 24.9 Å². The molecule has 0 saturated carbocycles. The number of amidine groups is 1. The Kier molecular flexibility index (Phi) is 5.19. The highest BCUT2D eigenvalue weighted by Gasteiger charge is 2.22. The number of aryl methyl sites for hydroxylation is 1. The topological polar surface area (TPSA) is 50.4 Å². The van der Waals surface area contributed by atoms with Crippen LogP contribution in [0, 0.1) is 18.8 Å². The molecular weight excluding hydrogens is 270 g/mol. The lowest BCUT2D eigenvalue weighted by Crippen LogP contribution is -2.32. The highest BCUT2D eigenvalue weighted by Crippen LogP contribution is 2.30. The van der Waals surface area contributed by atoms with E-state index in [4.69, 9.17) is 10.7 Å². The summed E-state index contributed by atoms with van der Waals surface area (Å²) in [5, 5.41) is 3.45. The molecule has 2 rings (SSSR count). The lowest BCUT2D eigenvalue weighted by Gasteiger charge is -2.26. The average Bonchev–Trinajstić information content (AvgIpc) is 2.49. The molecule has 118 valence electrons. The zero-order chi connectivity index (χ0) is 16.3. The van der Waals surface area contributed by atoms with E-state index in [9.17, 15) is 0 Å². The van der Waals surface area contributed by atoms with Gasteiger partial charge in [0.1, 0.15) is 5.84 Å². The molecule has 1 aromatic rings. The van der Waals surface area contributed by atoms with Gasteiger partial charge in [-0.2, -0.15) is 0 Å². The molecule has 1 heterocycles. The Hall–Kier alpha value is -1.87. The molecule has 1 aliphatic rings. The Balaban J connectivity index is 2.44. The van der Waals surface area contributed by atoms with Gasteiger partial charge >= 0.3 is 0 Å². The SMILES string of the molecule is C=C(C1=C(/N=C(\N)C(C)C)C(C)CNC1)c1ccc(C)cc1. The number of aliphatic imine (C=N–C) groups is 1. The number of nitrogens with zero attached hydrogens (tertiary/aromatic N) is 1. The summed E-state index contributed by atoms with van der Waals surface area (Å²) in [7, 11) is 0. The molecule has 0 amide bonds. The van der Waals surface area contributed by atoms with Crippen LogP contribution in [0.5, 0.6) is 0 Å². The highest BCUT2D eigenvalue weighted by atomic mass is 14.9. The number of nitrogens with two attached hydrogens (primary N) is 1. The fourth-order valence-electron chi connectivity index (χ4n) is 2.53. The van der Waals surface area contributed by atoms with Crippen molar-refractivity contribution >= 4 is 11.4 Å². The van der Waals surface area contributed by atoms with Crippen LogP contribution in [-0.2, 0) is 0 Å². The van der Waals surface area contributed by atoms with Crippen molar-refractivity contribution in [3.63, 3.8) is 0 Å². The molecule has 22 heavy (non-hydrogen) atoms. The van der Waals surface area contributed by atoms with Crippen LogP contribution in [0.25, 0.3) is 5.57 Å². The number of nitrogens with one attached hydrogen (secondary N) is 1. The van der Waals surface area contributed by atoms with Crippen LogP contribution < -0.4 is 11.1 Å². The van der Waals surface area contributed by atoms with Crippen LogP contribution in [0.3, 0.4) is 0 Å². The number of rotatable bonds is 4. The summed E-state index contributed by atoms with van der Waals surface area (Å²) >= 11 is 0. The van der Waals surface area contributed by atoms with Crippen molar-refractivity contribution in [2.75, 3.05) is 13.1 Å². The van der Waals surface area contributed by atoms with Crippen molar-refractivity contribution in [1.29, 1.82) is 0 Å². The predicted octanol–water partition coefficient (Wildman–Crippen LogP) is 3.51. The number of hydrogen-bond donors (Lipinski definition) is 2. The summed E-state index contributed by atoms with van der Waals surface area (Å²) in [5.74, 6) is 1.28. The molecule has 0 spiro atoms. The highest BCUT2D eigenvalue weighted by molar-refractivity contribution is 5.85. The first-order valence-corrected chi connectivity index (χ1v) is 7.94. The monoisotopic (exact) mass is 297 g/mol. The first kappa shape index (κ1) is 16.5. The molecule has 0 bridgehead atoms. The van der Waals surface area contributed by atoms with E-state index in [2.05, 4.69) is 63.9 Å². The molecule has 0 aliphatic carbocycles. The van der Waals surface area contributed by atoms with Gasteiger partial charge in [0.2, 0.25) is 0 Å². The van der Waals surface area contributed by atoms with E-state index in [1.54, 1.807) is 0 Å². The van der Waals surface area contributed by atoms with E-state index in [0.717, 1.165) is 29.9 Å². The van der Waals surface area contributed by atoms with Gasteiger partial charge in [-0.25, -0.2) is 4.99 Å². The molecule has 3 N–H and O–H groups in total. The Morgan fingerprint density at radius 3 is 2.55 bits per heavy atom. The van der Waals surface area contributed by atoms with E-state index in [1.807, 2.05) is 0 Å². The van der Waals surface area contributed by atoms with E-state index in [1.165, 1.54) is 11.1 Å². The fourth-order valence-corrected chi connectivity index (χ4v) is 2.53. The second-order valence-electron chi connectivity index (χ2n) is 6.43. The Morgan fingerprint density at radius 1 is 1.32 bits per heavy atom. The molecule has 0 saturated heterocycles. The average molecular weight is 297 g/mol. The molecule has 3 heteroatoms. The van der Waals surface area contributed by atoms with Crippen LogP contribution in [0.1, 0.15) is 31.9 Å². The lowest BCUT2D eigenvalue weighted by atomic mass is 9.90. The Labute approximate surface area is 134 Å². The van der Waals surface area contributed by atoms with Gasteiger partial charge in [0.15, 0.2) is 0 Å². The van der Waals surface area contributed by atoms with Gasteiger partial charge in [-0.05, 0) is 23.6 Å². The van der Waals surface area contributed by atoms with Crippen molar-refractivity contribution in [3.05, 3.63) is 53.2 Å². The first-order valence-electron chi connectivity index (χ1n) is 7.94. The van der Waals surface area contributed by atoms with Crippen LogP contribution in [0.15, 0.2) is 47.1 Å². The summed E-state index contributed by atoms with van der Waals surface area (Å²) in [6.45, 7) is 14.4. The second kappa shape index (κ2) is 6.93. The molecule has 1 unspecified atom stereocenters. The van der Waals surface area contributed by atoms with Gasteiger partial charge in [-0.15, -0.1) is 0 Å². The smallest absolute Gasteiger partial charge is 0.102 e. The van der Waals surface area contributed by atoms with Crippen LogP contribution in [0.4, 0.5) is 0 Å². The molecule has 0 fully saturated rings. The summed E-state index contributed by atoms with van der Waals surface area (Å²) in [6.07, 6.45) is 0. The quantitative estimate of drug-likeness (QED) is 0.660. The van der Waals surface area contributed by atoms with Crippen LogP contribution in [0.2, 0.25) is 0 Å². The van der Waals surface area contributed by atoms with Crippen LogP contribution >= 0.6 is 0 Å². The van der Waals surface area contributed by atoms with E-state index >= 15 is 0 Å².